The number of hydrogen-bond donors (Lipinski definition) is 2. The molecule has 2 N–H and O–H groups in total. The van der Waals surface area contributed by atoms with E-state index < -0.39 is 23.1 Å². The maximum absolute atomic E-state index is 12.2. The molecule has 5 heteroatoms. The van der Waals surface area contributed by atoms with E-state index in [-0.39, 0.29) is 22.3 Å². The first-order valence-electron chi connectivity index (χ1n) is 5.24. The number of carbonyl (C=O) groups is 2. The Morgan fingerprint density at radius 1 is 1.00 bits per heavy atom. The van der Waals surface area contributed by atoms with Gasteiger partial charge in [-0.15, -0.1) is 0 Å². The van der Waals surface area contributed by atoms with Gasteiger partial charge in [0.1, 0.15) is 12.0 Å². The van der Waals surface area contributed by atoms with E-state index in [9.17, 15) is 19.8 Å². The van der Waals surface area contributed by atoms with Crippen molar-refractivity contribution in [3.63, 3.8) is 0 Å². The molecule has 2 aromatic rings. The zero-order valence-corrected chi connectivity index (χ0v) is 9.35. The molecule has 1 heterocycles. The summed E-state index contributed by atoms with van der Waals surface area (Å²) < 4.78 is 5.07. The number of benzene rings is 1. The van der Waals surface area contributed by atoms with Crippen molar-refractivity contribution in [2.24, 2.45) is 0 Å². The van der Waals surface area contributed by atoms with Crippen molar-refractivity contribution in [1.29, 1.82) is 0 Å². The predicted octanol–water partition coefficient (Wildman–Crippen LogP) is 1.77. The molecule has 0 atom stereocenters. The van der Waals surface area contributed by atoms with Crippen LogP contribution in [0.5, 0.6) is 11.5 Å². The number of furan rings is 1. The minimum atomic E-state index is -0.572. The first-order valence-corrected chi connectivity index (χ1v) is 5.24. The van der Waals surface area contributed by atoms with E-state index in [4.69, 9.17) is 4.42 Å². The summed E-state index contributed by atoms with van der Waals surface area (Å²) in [6, 6.07) is 2.49. The number of aromatic hydroxyl groups is 2. The molecule has 0 amide bonds. The van der Waals surface area contributed by atoms with Gasteiger partial charge in [-0.1, -0.05) is 0 Å². The van der Waals surface area contributed by atoms with E-state index in [0.717, 1.165) is 0 Å². The SMILES string of the molecule is Cc1occ2c1C(=O)c1c(ccc(O)c1O)C2=O. The van der Waals surface area contributed by atoms with Gasteiger partial charge in [0.05, 0.1) is 16.7 Å². The summed E-state index contributed by atoms with van der Waals surface area (Å²) in [7, 11) is 0. The topological polar surface area (TPSA) is 87.7 Å². The zero-order valence-electron chi connectivity index (χ0n) is 9.35. The monoisotopic (exact) mass is 244 g/mol. The number of aryl methyl sites for hydroxylation is 1. The molecule has 0 radical (unpaired) electrons. The molecular weight excluding hydrogens is 236 g/mol. The fraction of sp³-hybridized carbons (Fsp3) is 0.0769. The van der Waals surface area contributed by atoms with Crippen molar-refractivity contribution in [3.8, 4) is 11.5 Å². The van der Waals surface area contributed by atoms with Crippen LogP contribution in [-0.4, -0.2) is 21.8 Å². The molecule has 1 aromatic carbocycles. The Hall–Kier alpha value is -2.56. The number of phenolic OH excluding ortho intramolecular Hbond substituents is 2. The lowest BCUT2D eigenvalue weighted by molar-refractivity contribution is 0.0976. The van der Waals surface area contributed by atoms with Crippen molar-refractivity contribution < 1.29 is 24.2 Å². The highest BCUT2D eigenvalue weighted by Gasteiger charge is 2.36. The summed E-state index contributed by atoms with van der Waals surface area (Å²) in [5.41, 5.74) is 0.240. The summed E-state index contributed by atoms with van der Waals surface area (Å²) in [5.74, 6) is -1.60. The standard InChI is InChI=1S/C13H8O5/c1-5-9-7(4-18-5)11(15)6-2-3-8(14)12(16)10(6)13(9)17/h2-4,14,16H,1H3. The predicted molar refractivity (Wildman–Crippen MR) is 60.1 cm³/mol. The molecule has 0 saturated carbocycles. The molecule has 1 aliphatic carbocycles. The molecule has 0 saturated heterocycles. The second-order valence-electron chi connectivity index (χ2n) is 4.09. The number of fused-ring (bicyclic) bond motifs is 2. The fourth-order valence-corrected chi connectivity index (χ4v) is 2.17. The van der Waals surface area contributed by atoms with Crippen molar-refractivity contribution in [1.82, 2.24) is 0 Å². The van der Waals surface area contributed by atoms with Crippen LogP contribution in [0.4, 0.5) is 0 Å². The van der Waals surface area contributed by atoms with Crippen LogP contribution in [0, 0.1) is 6.92 Å². The lowest BCUT2D eigenvalue weighted by atomic mass is 9.85. The fourth-order valence-electron chi connectivity index (χ4n) is 2.17. The maximum Gasteiger partial charge on any atom is 0.201 e. The van der Waals surface area contributed by atoms with Gasteiger partial charge in [0.15, 0.2) is 17.3 Å². The van der Waals surface area contributed by atoms with Crippen LogP contribution in [0.25, 0.3) is 0 Å². The van der Waals surface area contributed by atoms with Gasteiger partial charge in [-0.05, 0) is 19.1 Å². The van der Waals surface area contributed by atoms with Gasteiger partial charge >= 0.3 is 0 Å². The largest absolute Gasteiger partial charge is 0.504 e. The second-order valence-corrected chi connectivity index (χ2v) is 4.09. The number of phenols is 2. The molecule has 1 aliphatic rings. The van der Waals surface area contributed by atoms with Crippen molar-refractivity contribution >= 4 is 11.6 Å². The summed E-state index contributed by atoms with van der Waals surface area (Å²) in [4.78, 5) is 24.4. The smallest absolute Gasteiger partial charge is 0.201 e. The van der Waals surface area contributed by atoms with Crippen molar-refractivity contribution in [2.75, 3.05) is 0 Å². The van der Waals surface area contributed by atoms with Gasteiger partial charge in [0.25, 0.3) is 0 Å². The quantitative estimate of drug-likeness (QED) is 0.588. The molecular formula is C13H8O5. The Morgan fingerprint density at radius 2 is 1.72 bits per heavy atom. The van der Waals surface area contributed by atoms with Gasteiger partial charge in [0.2, 0.25) is 5.78 Å². The van der Waals surface area contributed by atoms with E-state index in [1.54, 1.807) is 6.92 Å². The Kier molecular flexibility index (Phi) is 1.90. The van der Waals surface area contributed by atoms with Crippen molar-refractivity contribution in [2.45, 2.75) is 6.92 Å². The van der Waals surface area contributed by atoms with Crippen LogP contribution < -0.4 is 0 Å². The Balaban J connectivity index is 2.39. The lowest BCUT2D eigenvalue weighted by Crippen LogP contribution is -2.20. The molecule has 1 aromatic heterocycles. The van der Waals surface area contributed by atoms with Crippen LogP contribution in [0.15, 0.2) is 22.8 Å². The maximum atomic E-state index is 12.2. The normalized spacial score (nSPS) is 13.4. The molecule has 18 heavy (non-hydrogen) atoms. The highest BCUT2D eigenvalue weighted by Crippen LogP contribution is 2.39. The average molecular weight is 244 g/mol. The Morgan fingerprint density at radius 3 is 2.44 bits per heavy atom. The van der Waals surface area contributed by atoms with Crippen LogP contribution in [0.3, 0.4) is 0 Å². The molecule has 5 nitrogen and oxygen atoms in total. The van der Waals surface area contributed by atoms with Crippen LogP contribution in [-0.2, 0) is 0 Å². The highest BCUT2D eigenvalue weighted by molar-refractivity contribution is 6.29. The lowest BCUT2D eigenvalue weighted by Gasteiger charge is -2.15. The third kappa shape index (κ3) is 1.10. The van der Waals surface area contributed by atoms with Gasteiger partial charge in [-0.2, -0.15) is 0 Å². The first-order chi connectivity index (χ1) is 8.52. The number of ketones is 2. The van der Waals surface area contributed by atoms with E-state index >= 15 is 0 Å². The number of hydrogen-bond acceptors (Lipinski definition) is 5. The summed E-state index contributed by atoms with van der Waals surface area (Å²) in [5, 5.41) is 19.1. The third-order valence-electron chi connectivity index (χ3n) is 3.07. The average Bonchev–Trinajstić information content (AvgIpc) is 2.72. The van der Waals surface area contributed by atoms with E-state index in [0.29, 0.717) is 5.76 Å². The molecule has 3 rings (SSSR count). The zero-order chi connectivity index (χ0) is 13.0. The summed E-state index contributed by atoms with van der Waals surface area (Å²) >= 11 is 0. The summed E-state index contributed by atoms with van der Waals surface area (Å²) in [6.07, 6.45) is 1.23. The van der Waals surface area contributed by atoms with Crippen LogP contribution in [0.1, 0.15) is 37.6 Å². The van der Waals surface area contributed by atoms with Gasteiger partial charge in [-0.25, -0.2) is 0 Å². The summed E-state index contributed by atoms with van der Waals surface area (Å²) in [6.45, 7) is 1.56. The minimum Gasteiger partial charge on any atom is -0.504 e. The molecule has 0 bridgehead atoms. The number of carbonyl (C=O) groups excluding carboxylic acids is 2. The van der Waals surface area contributed by atoms with Gasteiger partial charge < -0.3 is 14.6 Å². The first kappa shape index (κ1) is 10.6. The van der Waals surface area contributed by atoms with E-state index in [1.807, 2.05) is 0 Å². The molecule has 0 unspecified atom stereocenters. The van der Waals surface area contributed by atoms with Crippen LogP contribution >= 0.6 is 0 Å². The minimum absolute atomic E-state index is 0.0728. The Labute approximate surface area is 101 Å². The molecule has 0 aliphatic heterocycles. The highest BCUT2D eigenvalue weighted by atomic mass is 16.3. The molecule has 90 valence electrons. The van der Waals surface area contributed by atoms with E-state index in [1.165, 1.54) is 18.4 Å². The third-order valence-corrected chi connectivity index (χ3v) is 3.07. The molecule has 0 spiro atoms. The Bertz CT molecular complexity index is 708. The van der Waals surface area contributed by atoms with E-state index in [2.05, 4.69) is 0 Å². The molecule has 0 fully saturated rings. The number of rotatable bonds is 0. The van der Waals surface area contributed by atoms with Gasteiger partial charge in [-0.3, -0.25) is 9.59 Å². The van der Waals surface area contributed by atoms with Crippen molar-refractivity contribution in [3.05, 3.63) is 46.4 Å². The second kappa shape index (κ2) is 3.22. The van der Waals surface area contributed by atoms with Gasteiger partial charge in [0, 0.05) is 5.56 Å². The van der Waals surface area contributed by atoms with Crippen LogP contribution in [0.2, 0.25) is 0 Å².